The van der Waals surface area contributed by atoms with Crippen LogP contribution in [-0.4, -0.2) is 20.7 Å². The van der Waals surface area contributed by atoms with Gasteiger partial charge in [0.2, 0.25) is 10.0 Å². The highest BCUT2D eigenvalue weighted by Gasteiger charge is 2.36. The Morgan fingerprint density at radius 2 is 2.00 bits per heavy atom. The zero-order valence-electron chi connectivity index (χ0n) is 7.00. The summed E-state index contributed by atoms with van der Waals surface area (Å²) < 4.78 is 24.6. The van der Waals surface area contributed by atoms with Crippen molar-refractivity contribution in [1.82, 2.24) is 4.72 Å². The maximum absolute atomic E-state index is 11.1. The van der Waals surface area contributed by atoms with Crippen molar-refractivity contribution in [2.24, 2.45) is 5.92 Å². The molecule has 0 aliphatic heterocycles. The first-order valence-corrected chi connectivity index (χ1v) is 5.57. The fraction of sp³-hybridized carbons (Fsp3) is 1.00. The minimum Gasteiger partial charge on any atom is -0.218 e. The molecule has 0 bridgehead atoms. The molecular weight excluding hydrogens is 162 g/mol. The van der Waals surface area contributed by atoms with Crippen molar-refractivity contribution in [3.05, 3.63) is 0 Å². The van der Waals surface area contributed by atoms with E-state index in [4.69, 9.17) is 0 Å². The van der Waals surface area contributed by atoms with Gasteiger partial charge in [0, 0.05) is 0 Å². The molecule has 0 spiro atoms. The molecule has 0 radical (unpaired) electrons. The van der Waals surface area contributed by atoms with E-state index in [0.717, 1.165) is 19.3 Å². The molecule has 3 nitrogen and oxygen atoms in total. The van der Waals surface area contributed by atoms with Crippen LogP contribution in [0.1, 0.15) is 26.2 Å². The summed E-state index contributed by atoms with van der Waals surface area (Å²) in [5.74, 6) is 0.642. The normalized spacial score (nSPS) is 31.5. The molecule has 0 heterocycles. The van der Waals surface area contributed by atoms with Crippen LogP contribution in [0.25, 0.3) is 0 Å². The minimum absolute atomic E-state index is 0.113. The second-order valence-electron chi connectivity index (χ2n) is 3.12. The Hall–Kier alpha value is -0.0900. The van der Waals surface area contributed by atoms with Gasteiger partial charge in [0.05, 0.1) is 5.25 Å². The Labute approximate surface area is 68.2 Å². The van der Waals surface area contributed by atoms with Crippen molar-refractivity contribution >= 4 is 10.0 Å². The summed E-state index contributed by atoms with van der Waals surface area (Å²) in [6.45, 7) is 2.10. The van der Waals surface area contributed by atoms with E-state index in [1.807, 2.05) is 0 Å². The van der Waals surface area contributed by atoms with Crippen LogP contribution in [0.2, 0.25) is 0 Å². The molecule has 0 amide bonds. The number of hydrogen-bond donors (Lipinski definition) is 1. The highest BCUT2D eigenvalue weighted by Crippen LogP contribution is 2.34. The second kappa shape index (κ2) is 3.11. The molecule has 0 atom stereocenters. The molecule has 0 unspecified atom stereocenters. The zero-order valence-corrected chi connectivity index (χ0v) is 7.82. The average molecular weight is 177 g/mol. The molecule has 1 rings (SSSR count). The van der Waals surface area contributed by atoms with Crippen LogP contribution in [0.4, 0.5) is 0 Å². The number of nitrogens with one attached hydrogen (secondary N) is 1. The van der Waals surface area contributed by atoms with E-state index in [2.05, 4.69) is 11.6 Å². The van der Waals surface area contributed by atoms with Crippen LogP contribution in [0.15, 0.2) is 0 Å². The molecule has 0 aromatic rings. The minimum atomic E-state index is -2.95. The Morgan fingerprint density at radius 1 is 1.45 bits per heavy atom. The molecule has 0 aromatic carbocycles. The van der Waals surface area contributed by atoms with Gasteiger partial charge in [-0.2, -0.15) is 0 Å². The molecule has 4 heteroatoms. The maximum atomic E-state index is 11.1. The van der Waals surface area contributed by atoms with Crippen molar-refractivity contribution < 1.29 is 8.42 Å². The molecule has 0 saturated heterocycles. The molecule has 1 aliphatic carbocycles. The van der Waals surface area contributed by atoms with E-state index < -0.39 is 10.0 Å². The van der Waals surface area contributed by atoms with E-state index in [9.17, 15) is 8.42 Å². The van der Waals surface area contributed by atoms with Crippen LogP contribution in [0.5, 0.6) is 0 Å². The van der Waals surface area contributed by atoms with Crippen molar-refractivity contribution in [1.29, 1.82) is 0 Å². The molecular formula is C7H15NO2S. The molecule has 1 aliphatic rings. The third-order valence-electron chi connectivity index (χ3n) is 2.49. The average Bonchev–Trinajstić information content (AvgIpc) is 1.85. The smallest absolute Gasteiger partial charge is 0.214 e. The Balaban J connectivity index is 2.44. The first kappa shape index (κ1) is 9.00. The van der Waals surface area contributed by atoms with Gasteiger partial charge in [0.1, 0.15) is 0 Å². The summed E-state index contributed by atoms with van der Waals surface area (Å²) in [5, 5.41) is -0.113. The van der Waals surface area contributed by atoms with E-state index in [-0.39, 0.29) is 5.25 Å². The van der Waals surface area contributed by atoms with E-state index in [0.29, 0.717) is 5.92 Å². The van der Waals surface area contributed by atoms with Gasteiger partial charge in [-0.15, -0.1) is 0 Å². The highest BCUT2D eigenvalue weighted by atomic mass is 32.2. The topological polar surface area (TPSA) is 46.2 Å². The fourth-order valence-corrected chi connectivity index (χ4v) is 2.81. The summed E-state index contributed by atoms with van der Waals surface area (Å²) in [4.78, 5) is 0. The van der Waals surface area contributed by atoms with E-state index in [1.54, 1.807) is 0 Å². The molecule has 11 heavy (non-hydrogen) atoms. The zero-order chi connectivity index (χ0) is 8.48. The standard InChI is InChI=1S/C7H15NO2S/c1-3-6-4-7(5-6)11(9,10)8-2/h6-8H,3-5H2,1-2H3. The highest BCUT2D eigenvalue weighted by molar-refractivity contribution is 7.90. The summed E-state index contributed by atoms with van der Waals surface area (Å²) in [6.07, 6.45) is 2.80. The summed E-state index contributed by atoms with van der Waals surface area (Å²) in [6, 6.07) is 0. The largest absolute Gasteiger partial charge is 0.218 e. The first-order valence-electron chi connectivity index (χ1n) is 4.02. The lowest BCUT2D eigenvalue weighted by atomic mass is 9.83. The van der Waals surface area contributed by atoms with Crippen molar-refractivity contribution in [3.63, 3.8) is 0 Å². The molecule has 66 valence electrons. The van der Waals surface area contributed by atoms with Crippen LogP contribution < -0.4 is 4.72 Å². The van der Waals surface area contributed by atoms with Crippen LogP contribution in [0, 0.1) is 5.92 Å². The number of sulfonamides is 1. The lowest BCUT2D eigenvalue weighted by Gasteiger charge is -2.33. The fourth-order valence-electron chi connectivity index (χ4n) is 1.43. The predicted octanol–water partition coefficient (Wildman–Crippen LogP) is 0.724. The van der Waals surface area contributed by atoms with Gasteiger partial charge in [-0.1, -0.05) is 13.3 Å². The summed E-state index contributed by atoms with van der Waals surface area (Å²) >= 11 is 0. The monoisotopic (exact) mass is 177 g/mol. The lowest BCUT2D eigenvalue weighted by molar-refractivity contribution is 0.306. The summed E-state index contributed by atoms with van der Waals surface area (Å²) in [5.41, 5.74) is 0. The molecule has 0 aromatic heterocycles. The van der Waals surface area contributed by atoms with Gasteiger partial charge < -0.3 is 0 Å². The van der Waals surface area contributed by atoms with E-state index >= 15 is 0 Å². The number of hydrogen-bond acceptors (Lipinski definition) is 2. The van der Waals surface area contributed by atoms with Crippen LogP contribution >= 0.6 is 0 Å². The number of rotatable bonds is 3. The first-order chi connectivity index (χ1) is 5.10. The van der Waals surface area contributed by atoms with E-state index in [1.165, 1.54) is 7.05 Å². The molecule has 1 saturated carbocycles. The van der Waals surface area contributed by atoms with Gasteiger partial charge in [0.15, 0.2) is 0 Å². The third kappa shape index (κ3) is 1.73. The Kier molecular flexibility index (Phi) is 2.54. The van der Waals surface area contributed by atoms with Gasteiger partial charge in [0.25, 0.3) is 0 Å². The quantitative estimate of drug-likeness (QED) is 0.690. The Morgan fingerprint density at radius 3 is 2.36 bits per heavy atom. The van der Waals surface area contributed by atoms with Gasteiger partial charge >= 0.3 is 0 Å². The third-order valence-corrected chi connectivity index (χ3v) is 4.32. The Bertz CT molecular complexity index is 217. The maximum Gasteiger partial charge on any atom is 0.214 e. The van der Waals surface area contributed by atoms with Crippen LogP contribution in [-0.2, 0) is 10.0 Å². The molecule has 1 N–H and O–H groups in total. The van der Waals surface area contributed by atoms with Gasteiger partial charge in [-0.05, 0) is 25.8 Å². The van der Waals surface area contributed by atoms with Gasteiger partial charge in [-0.3, -0.25) is 0 Å². The van der Waals surface area contributed by atoms with Crippen molar-refractivity contribution in [3.8, 4) is 0 Å². The van der Waals surface area contributed by atoms with Crippen molar-refractivity contribution in [2.75, 3.05) is 7.05 Å². The van der Waals surface area contributed by atoms with Gasteiger partial charge in [-0.25, -0.2) is 13.1 Å². The summed E-state index contributed by atoms with van der Waals surface area (Å²) in [7, 11) is -1.47. The predicted molar refractivity (Wildman–Crippen MR) is 44.8 cm³/mol. The van der Waals surface area contributed by atoms with Crippen molar-refractivity contribution in [2.45, 2.75) is 31.4 Å². The second-order valence-corrected chi connectivity index (χ2v) is 5.28. The van der Waals surface area contributed by atoms with Crippen LogP contribution in [0.3, 0.4) is 0 Å². The lowest BCUT2D eigenvalue weighted by Crippen LogP contribution is -2.41. The SMILES string of the molecule is CCC1CC(S(=O)(=O)NC)C1. The molecule has 1 fully saturated rings.